The Morgan fingerprint density at radius 3 is 1.76 bits per heavy atom. The highest BCUT2D eigenvalue weighted by atomic mass is 16.5. The number of H-pyrrole nitrogens is 1. The summed E-state index contributed by atoms with van der Waals surface area (Å²) >= 11 is 0. The molecule has 0 spiro atoms. The molecule has 2 aliphatic rings. The van der Waals surface area contributed by atoms with Crippen LogP contribution in [0, 0.1) is 0 Å². The summed E-state index contributed by atoms with van der Waals surface area (Å²) in [4.78, 5) is 5.92. The number of benzene rings is 8. The van der Waals surface area contributed by atoms with Gasteiger partial charge in [-0.25, -0.2) is 0 Å². The summed E-state index contributed by atoms with van der Waals surface area (Å²) in [6, 6.07) is 63.9. The van der Waals surface area contributed by atoms with Crippen LogP contribution in [0.4, 0.5) is 17.1 Å². The zero-order valence-electron chi connectivity index (χ0n) is 30.1. The van der Waals surface area contributed by atoms with Gasteiger partial charge in [-0.05, 0) is 106 Å². The molecule has 3 heteroatoms. The van der Waals surface area contributed by atoms with Gasteiger partial charge in [0.2, 0.25) is 0 Å². The van der Waals surface area contributed by atoms with Gasteiger partial charge in [-0.1, -0.05) is 133 Å². The maximum Gasteiger partial charge on any atom is 0.128 e. The molecule has 9 aromatic rings. The van der Waals surface area contributed by atoms with Crippen molar-refractivity contribution in [2.75, 3.05) is 4.90 Å². The first kappa shape index (κ1) is 31.4. The Morgan fingerprint density at radius 1 is 0.436 bits per heavy atom. The molecular formula is C52H36N2O. The van der Waals surface area contributed by atoms with E-state index in [1.165, 1.54) is 66.0 Å². The average molecular weight is 705 g/mol. The molecule has 1 aliphatic carbocycles. The molecule has 0 bridgehead atoms. The monoisotopic (exact) mass is 704 g/mol. The molecule has 1 N–H and O–H groups in total. The summed E-state index contributed by atoms with van der Waals surface area (Å²) in [5, 5.41) is 4.94. The molecule has 2 unspecified atom stereocenters. The van der Waals surface area contributed by atoms with Crippen LogP contribution in [0.25, 0.3) is 66.0 Å². The van der Waals surface area contributed by atoms with Crippen molar-refractivity contribution in [2.24, 2.45) is 0 Å². The normalized spacial score (nSPS) is 15.6. The van der Waals surface area contributed by atoms with Gasteiger partial charge < -0.3 is 14.6 Å². The molecule has 0 amide bonds. The van der Waals surface area contributed by atoms with Crippen LogP contribution < -0.4 is 9.64 Å². The predicted molar refractivity (Wildman–Crippen MR) is 230 cm³/mol. The van der Waals surface area contributed by atoms with E-state index in [0.29, 0.717) is 0 Å². The summed E-state index contributed by atoms with van der Waals surface area (Å²) in [5.41, 5.74) is 14.1. The van der Waals surface area contributed by atoms with Gasteiger partial charge in [0.05, 0.1) is 5.69 Å². The first-order chi connectivity index (χ1) is 27.2. The van der Waals surface area contributed by atoms with E-state index in [1.54, 1.807) is 0 Å². The third-order valence-corrected chi connectivity index (χ3v) is 11.4. The number of rotatable bonds is 6. The highest BCUT2D eigenvalue weighted by Crippen LogP contribution is 2.44. The third-order valence-electron chi connectivity index (χ3n) is 11.4. The summed E-state index contributed by atoms with van der Waals surface area (Å²) in [7, 11) is 0. The molecule has 2 heterocycles. The maximum absolute atomic E-state index is 6.22. The van der Waals surface area contributed by atoms with Crippen LogP contribution in [0.5, 0.6) is 5.75 Å². The predicted octanol–water partition coefficient (Wildman–Crippen LogP) is 13.9. The van der Waals surface area contributed by atoms with Gasteiger partial charge >= 0.3 is 0 Å². The molecule has 55 heavy (non-hydrogen) atoms. The van der Waals surface area contributed by atoms with Crippen LogP contribution in [-0.4, -0.2) is 11.1 Å². The van der Waals surface area contributed by atoms with E-state index in [2.05, 4.69) is 210 Å². The van der Waals surface area contributed by atoms with Crippen LogP contribution in [0.3, 0.4) is 0 Å². The quantitative estimate of drug-likeness (QED) is 0.187. The largest absolute Gasteiger partial charge is 0.485 e. The van der Waals surface area contributed by atoms with Crippen LogP contribution >= 0.6 is 0 Å². The molecule has 0 saturated heterocycles. The van der Waals surface area contributed by atoms with Gasteiger partial charge in [0.1, 0.15) is 11.9 Å². The average Bonchev–Trinajstić information content (AvgIpc) is 3.82. The fourth-order valence-corrected chi connectivity index (χ4v) is 8.54. The number of allylic oxidation sites excluding steroid dienone is 2. The minimum absolute atomic E-state index is 0.0876. The SMILES string of the molecule is C1=CC2Oc3ccc(-c4ccc(N(c5ccc(-c6ccc(-c7ccc8[nH]c9ccccc9c8c7)cc6)cc5)c5cccc6ccccc56)cc4)cc3C2C=C1. The van der Waals surface area contributed by atoms with Crippen LogP contribution in [0.15, 0.2) is 200 Å². The lowest BCUT2D eigenvalue weighted by Crippen LogP contribution is -2.15. The second-order valence-electron chi connectivity index (χ2n) is 14.6. The highest BCUT2D eigenvalue weighted by molar-refractivity contribution is 6.08. The summed E-state index contributed by atoms with van der Waals surface area (Å²) in [6.45, 7) is 0. The lowest BCUT2D eigenvalue weighted by Gasteiger charge is -2.27. The Hall–Kier alpha value is -7.10. The highest BCUT2D eigenvalue weighted by Gasteiger charge is 2.32. The van der Waals surface area contributed by atoms with E-state index >= 15 is 0 Å². The van der Waals surface area contributed by atoms with E-state index in [9.17, 15) is 0 Å². The van der Waals surface area contributed by atoms with Gasteiger partial charge in [-0.2, -0.15) is 0 Å². The molecule has 0 saturated carbocycles. The second-order valence-corrected chi connectivity index (χ2v) is 14.6. The van der Waals surface area contributed by atoms with Gasteiger partial charge in [-0.3, -0.25) is 0 Å². The van der Waals surface area contributed by atoms with Crippen molar-refractivity contribution in [1.29, 1.82) is 0 Å². The second kappa shape index (κ2) is 12.8. The number of hydrogen-bond acceptors (Lipinski definition) is 2. The van der Waals surface area contributed by atoms with Gasteiger partial charge in [0.15, 0.2) is 0 Å². The number of hydrogen-bond donors (Lipinski definition) is 1. The van der Waals surface area contributed by atoms with Crippen LogP contribution in [0.1, 0.15) is 11.5 Å². The number of fused-ring (bicyclic) bond motifs is 7. The molecule has 1 aliphatic heterocycles. The van der Waals surface area contributed by atoms with Crippen LogP contribution in [-0.2, 0) is 0 Å². The maximum atomic E-state index is 6.22. The summed E-state index contributed by atoms with van der Waals surface area (Å²) < 4.78 is 6.22. The Morgan fingerprint density at radius 2 is 1.00 bits per heavy atom. The summed E-state index contributed by atoms with van der Waals surface area (Å²) in [6.07, 6.45) is 8.69. The molecule has 8 aromatic carbocycles. The van der Waals surface area contributed by atoms with Crippen molar-refractivity contribution in [2.45, 2.75) is 12.0 Å². The van der Waals surface area contributed by atoms with Gasteiger partial charge in [0.25, 0.3) is 0 Å². The van der Waals surface area contributed by atoms with Crippen molar-refractivity contribution in [3.8, 4) is 39.1 Å². The number of nitrogens with zero attached hydrogens (tertiary/aromatic N) is 1. The fourth-order valence-electron chi connectivity index (χ4n) is 8.54. The lowest BCUT2D eigenvalue weighted by atomic mass is 9.90. The molecule has 1 aromatic heterocycles. The smallest absolute Gasteiger partial charge is 0.128 e. The van der Waals surface area contributed by atoms with Crippen LogP contribution in [0.2, 0.25) is 0 Å². The van der Waals surface area contributed by atoms with E-state index in [1.807, 2.05) is 0 Å². The number of anilines is 3. The standard InChI is InChI=1S/C52H36N2O/c1-2-10-43-38(8-1)9-7-14-50(43)54(42-28-22-37(23-29-42)40-25-31-52-47(33-40)45-12-4-6-15-51(45)55-52)41-26-20-35(21-27-41)34-16-18-36(19-17-34)39-24-30-49-46(32-39)44-11-3-5-13-48(44)53-49/h1-33,45,51,53H. The van der Waals surface area contributed by atoms with Gasteiger partial charge in [0, 0.05) is 50.0 Å². The van der Waals surface area contributed by atoms with E-state index < -0.39 is 0 Å². The van der Waals surface area contributed by atoms with Crippen molar-refractivity contribution in [1.82, 2.24) is 4.98 Å². The Bertz CT molecular complexity index is 2950. The lowest BCUT2D eigenvalue weighted by molar-refractivity contribution is 0.269. The Balaban J connectivity index is 0.918. The molecular weight excluding hydrogens is 669 g/mol. The zero-order valence-corrected chi connectivity index (χ0v) is 30.1. The number of nitrogens with one attached hydrogen (secondary N) is 1. The third kappa shape index (κ3) is 5.43. The van der Waals surface area contributed by atoms with E-state index in [-0.39, 0.29) is 12.0 Å². The minimum atomic E-state index is 0.0876. The molecule has 11 rings (SSSR count). The number of aromatic amines is 1. The summed E-state index contributed by atoms with van der Waals surface area (Å²) in [5.74, 6) is 1.25. The number of para-hydroxylation sites is 1. The topological polar surface area (TPSA) is 28.3 Å². The number of aromatic nitrogens is 1. The molecule has 2 atom stereocenters. The molecule has 0 radical (unpaired) electrons. The molecule has 260 valence electrons. The van der Waals surface area contributed by atoms with E-state index in [0.717, 1.165) is 28.3 Å². The first-order valence-corrected chi connectivity index (χ1v) is 19.0. The van der Waals surface area contributed by atoms with Gasteiger partial charge in [-0.15, -0.1) is 0 Å². The van der Waals surface area contributed by atoms with Crippen molar-refractivity contribution in [3.05, 3.63) is 206 Å². The first-order valence-electron chi connectivity index (χ1n) is 19.0. The Kier molecular flexibility index (Phi) is 7.31. The molecule has 3 nitrogen and oxygen atoms in total. The van der Waals surface area contributed by atoms with Crippen molar-refractivity contribution >= 4 is 49.6 Å². The van der Waals surface area contributed by atoms with Crippen molar-refractivity contribution < 1.29 is 4.74 Å². The Labute approximate surface area is 320 Å². The fraction of sp³-hybridized carbons (Fsp3) is 0.0385. The zero-order chi connectivity index (χ0) is 36.3. The number of ether oxygens (including phenoxy) is 1. The van der Waals surface area contributed by atoms with E-state index in [4.69, 9.17) is 4.74 Å². The minimum Gasteiger partial charge on any atom is -0.485 e. The molecule has 0 fully saturated rings. The van der Waals surface area contributed by atoms with Crippen molar-refractivity contribution in [3.63, 3.8) is 0 Å².